The molecule has 1 aromatic heterocycles. The van der Waals surface area contributed by atoms with Crippen molar-refractivity contribution in [3.05, 3.63) is 71.7 Å². The van der Waals surface area contributed by atoms with Crippen LogP contribution in [0.4, 0.5) is 4.39 Å². The molecular weight excluding hydrogens is 361 g/mol. The second kappa shape index (κ2) is 8.39. The van der Waals surface area contributed by atoms with Gasteiger partial charge in [0.05, 0.1) is 13.0 Å². The molecule has 6 nitrogen and oxygen atoms in total. The van der Waals surface area contributed by atoms with Gasteiger partial charge in [0.2, 0.25) is 5.89 Å². The topological polar surface area (TPSA) is 60.6 Å². The number of methoxy groups -OCH3 is 1. The van der Waals surface area contributed by atoms with E-state index in [0.29, 0.717) is 17.5 Å². The summed E-state index contributed by atoms with van der Waals surface area (Å²) < 4.78 is 29.5. The lowest BCUT2D eigenvalue weighted by molar-refractivity contribution is 0.255. The van der Waals surface area contributed by atoms with Crippen molar-refractivity contribution in [2.75, 3.05) is 20.2 Å². The average Bonchev–Trinajstić information content (AvgIpc) is 3.38. The fraction of sp³-hybridized carbons (Fsp3) is 0.333. The van der Waals surface area contributed by atoms with Crippen molar-refractivity contribution in [3.63, 3.8) is 0 Å². The fourth-order valence-corrected chi connectivity index (χ4v) is 3.33. The molecule has 1 atom stereocenters. The minimum Gasteiger partial charge on any atom is -0.497 e. The van der Waals surface area contributed by atoms with Crippen LogP contribution in [0.5, 0.6) is 11.5 Å². The number of hydrogen-bond acceptors (Lipinski definition) is 6. The molecule has 1 fully saturated rings. The highest BCUT2D eigenvalue weighted by atomic mass is 19.1. The first-order chi connectivity index (χ1) is 13.7. The van der Waals surface area contributed by atoms with Gasteiger partial charge in [-0.25, -0.2) is 4.39 Å². The zero-order valence-corrected chi connectivity index (χ0v) is 15.7. The summed E-state index contributed by atoms with van der Waals surface area (Å²) in [4.78, 5) is 2.38. The Labute approximate surface area is 162 Å². The highest BCUT2D eigenvalue weighted by Gasteiger charge is 2.28. The Balaban J connectivity index is 1.29. The van der Waals surface area contributed by atoms with Gasteiger partial charge >= 0.3 is 0 Å². The molecule has 2 aromatic carbocycles. The molecule has 2 heterocycles. The van der Waals surface area contributed by atoms with E-state index < -0.39 is 0 Å². The van der Waals surface area contributed by atoms with Gasteiger partial charge in [-0.1, -0.05) is 12.1 Å². The lowest BCUT2D eigenvalue weighted by atomic mass is 10.1. The second-order valence-corrected chi connectivity index (χ2v) is 6.85. The lowest BCUT2D eigenvalue weighted by Gasteiger charge is -2.15. The molecule has 146 valence electrons. The van der Waals surface area contributed by atoms with Crippen molar-refractivity contribution in [1.82, 2.24) is 15.1 Å². The lowest BCUT2D eigenvalue weighted by Crippen LogP contribution is -2.19. The Morgan fingerprint density at radius 2 is 1.82 bits per heavy atom. The molecule has 1 unspecified atom stereocenters. The van der Waals surface area contributed by atoms with E-state index in [2.05, 4.69) is 27.2 Å². The van der Waals surface area contributed by atoms with Gasteiger partial charge in [-0.2, -0.15) is 0 Å². The monoisotopic (exact) mass is 383 g/mol. The van der Waals surface area contributed by atoms with E-state index in [1.165, 1.54) is 17.7 Å². The Bertz CT molecular complexity index is 896. The summed E-state index contributed by atoms with van der Waals surface area (Å²) in [5, 5.41) is 8.26. The molecule has 0 bridgehead atoms. The van der Waals surface area contributed by atoms with Crippen LogP contribution in [0, 0.1) is 5.82 Å². The summed E-state index contributed by atoms with van der Waals surface area (Å²) in [7, 11) is 1.67. The molecule has 0 radical (unpaired) electrons. The maximum absolute atomic E-state index is 12.9. The number of aromatic nitrogens is 2. The second-order valence-electron chi connectivity index (χ2n) is 6.85. The van der Waals surface area contributed by atoms with E-state index >= 15 is 0 Å². The molecule has 28 heavy (non-hydrogen) atoms. The van der Waals surface area contributed by atoms with Gasteiger partial charge < -0.3 is 13.9 Å². The SMILES string of the molecule is COc1ccc(CN2CCC(c3nnc(COc4ccc(F)cc4)o3)C2)cc1. The predicted molar refractivity (Wildman–Crippen MR) is 101 cm³/mol. The maximum Gasteiger partial charge on any atom is 0.253 e. The third-order valence-electron chi connectivity index (χ3n) is 4.85. The third-order valence-corrected chi connectivity index (χ3v) is 4.85. The van der Waals surface area contributed by atoms with Gasteiger partial charge in [0, 0.05) is 13.1 Å². The smallest absolute Gasteiger partial charge is 0.253 e. The van der Waals surface area contributed by atoms with Crippen LogP contribution < -0.4 is 9.47 Å². The third kappa shape index (κ3) is 4.48. The van der Waals surface area contributed by atoms with Crippen molar-refractivity contribution in [3.8, 4) is 11.5 Å². The van der Waals surface area contributed by atoms with Crippen LogP contribution in [0.1, 0.15) is 29.7 Å². The number of halogens is 1. The largest absolute Gasteiger partial charge is 0.497 e. The molecule has 0 N–H and O–H groups in total. The molecule has 0 amide bonds. The normalized spacial score (nSPS) is 17.0. The van der Waals surface area contributed by atoms with E-state index in [9.17, 15) is 4.39 Å². The molecule has 3 aromatic rings. The van der Waals surface area contributed by atoms with Crippen molar-refractivity contribution in [2.45, 2.75) is 25.5 Å². The van der Waals surface area contributed by atoms with Crippen LogP contribution in [-0.2, 0) is 13.2 Å². The zero-order chi connectivity index (χ0) is 19.3. The van der Waals surface area contributed by atoms with E-state index in [1.54, 1.807) is 19.2 Å². The molecule has 0 saturated carbocycles. The van der Waals surface area contributed by atoms with Gasteiger partial charge in [-0.15, -0.1) is 10.2 Å². The molecule has 4 rings (SSSR count). The molecule has 7 heteroatoms. The van der Waals surface area contributed by atoms with E-state index in [0.717, 1.165) is 31.8 Å². The number of ether oxygens (including phenoxy) is 2. The van der Waals surface area contributed by atoms with Gasteiger partial charge in [-0.3, -0.25) is 4.90 Å². The minimum absolute atomic E-state index is 0.168. The summed E-state index contributed by atoms with van der Waals surface area (Å²) in [5.74, 6) is 2.43. The first kappa shape index (κ1) is 18.4. The number of hydrogen-bond donors (Lipinski definition) is 0. The summed E-state index contributed by atoms with van der Waals surface area (Å²) in [6.45, 7) is 2.92. The van der Waals surface area contributed by atoms with Crippen LogP contribution in [0.25, 0.3) is 0 Å². The Hall–Kier alpha value is -2.93. The molecule has 0 aliphatic carbocycles. The van der Waals surface area contributed by atoms with Crippen molar-refractivity contribution in [2.24, 2.45) is 0 Å². The van der Waals surface area contributed by atoms with E-state index in [-0.39, 0.29) is 18.3 Å². The van der Waals surface area contributed by atoms with Crippen LogP contribution in [0.3, 0.4) is 0 Å². The average molecular weight is 383 g/mol. The van der Waals surface area contributed by atoms with Gasteiger partial charge in [-0.05, 0) is 54.9 Å². The van der Waals surface area contributed by atoms with Crippen LogP contribution in [-0.4, -0.2) is 35.3 Å². The molecule has 1 aliphatic heterocycles. The number of benzene rings is 2. The summed E-state index contributed by atoms with van der Waals surface area (Å²) in [6.07, 6.45) is 0.983. The highest BCUT2D eigenvalue weighted by Crippen LogP contribution is 2.28. The van der Waals surface area contributed by atoms with Crippen molar-refractivity contribution < 1.29 is 18.3 Å². The van der Waals surface area contributed by atoms with Gasteiger partial charge in [0.25, 0.3) is 5.89 Å². The summed E-state index contributed by atoms with van der Waals surface area (Å²) in [6, 6.07) is 14.0. The standard InChI is InChI=1S/C21H22FN3O3/c1-26-18-6-2-15(3-7-18)12-25-11-10-16(13-25)21-24-23-20(28-21)14-27-19-8-4-17(22)5-9-19/h2-9,16H,10-14H2,1H3. The Kier molecular flexibility index (Phi) is 5.53. The van der Waals surface area contributed by atoms with Crippen LogP contribution >= 0.6 is 0 Å². The molecular formula is C21H22FN3O3. The molecule has 0 spiro atoms. The first-order valence-electron chi connectivity index (χ1n) is 9.25. The maximum atomic E-state index is 12.9. The summed E-state index contributed by atoms with van der Waals surface area (Å²) >= 11 is 0. The van der Waals surface area contributed by atoms with E-state index in [4.69, 9.17) is 13.9 Å². The fourth-order valence-electron chi connectivity index (χ4n) is 3.33. The Morgan fingerprint density at radius 3 is 2.57 bits per heavy atom. The molecule has 1 aliphatic rings. The first-order valence-corrected chi connectivity index (χ1v) is 9.25. The number of nitrogens with zero attached hydrogens (tertiary/aromatic N) is 3. The number of rotatable bonds is 7. The zero-order valence-electron chi connectivity index (χ0n) is 15.7. The van der Waals surface area contributed by atoms with Gasteiger partial charge in [0.15, 0.2) is 6.61 Å². The van der Waals surface area contributed by atoms with Crippen LogP contribution in [0.15, 0.2) is 52.9 Å². The van der Waals surface area contributed by atoms with Crippen molar-refractivity contribution in [1.29, 1.82) is 0 Å². The molecule has 1 saturated heterocycles. The minimum atomic E-state index is -0.298. The Morgan fingerprint density at radius 1 is 1.07 bits per heavy atom. The predicted octanol–water partition coefficient (Wildman–Crippen LogP) is 3.79. The van der Waals surface area contributed by atoms with Crippen LogP contribution in [0.2, 0.25) is 0 Å². The quantitative estimate of drug-likeness (QED) is 0.619. The van der Waals surface area contributed by atoms with E-state index in [1.807, 2.05) is 12.1 Å². The van der Waals surface area contributed by atoms with Crippen molar-refractivity contribution >= 4 is 0 Å². The van der Waals surface area contributed by atoms with Gasteiger partial charge in [0.1, 0.15) is 17.3 Å². The number of likely N-dealkylation sites (tertiary alicyclic amines) is 1. The summed E-state index contributed by atoms with van der Waals surface area (Å²) in [5.41, 5.74) is 1.25. The highest BCUT2D eigenvalue weighted by molar-refractivity contribution is 5.27.